The smallest absolute Gasteiger partial charge is 0.119 e. The minimum absolute atomic E-state index is 0.0600. The Labute approximate surface area is 171 Å². The zero-order valence-corrected chi connectivity index (χ0v) is 17.0. The molecule has 1 aliphatic heterocycles. The third-order valence-corrected chi connectivity index (χ3v) is 7.05. The Bertz CT molecular complexity index is 874. The Kier molecular flexibility index (Phi) is 4.46. The molecule has 1 heterocycles. The van der Waals surface area contributed by atoms with Crippen molar-refractivity contribution < 1.29 is 14.6 Å². The molecule has 3 atom stereocenters. The van der Waals surface area contributed by atoms with Crippen LogP contribution in [0.4, 0.5) is 0 Å². The lowest BCUT2D eigenvalue weighted by molar-refractivity contribution is -0.115. The number of hydrogen-bond acceptors (Lipinski definition) is 3. The molecule has 148 valence electrons. The van der Waals surface area contributed by atoms with Crippen LogP contribution in [-0.2, 0) is 11.2 Å². The summed E-state index contributed by atoms with van der Waals surface area (Å²) in [5.74, 6) is 0.893. The van der Waals surface area contributed by atoms with Crippen LogP contribution in [0.25, 0.3) is 0 Å². The zero-order chi connectivity index (χ0) is 19.4. The van der Waals surface area contributed by atoms with Gasteiger partial charge in [-0.3, -0.25) is 0 Å². The van der Waals surface area contributed by atoms with Crippen LogP contribution in [0.15, 0.2) is 42.5 Å². The number of hydrogen-bond donors (Lipinski definition) is 1. The third-order valence-electron chi connectivity index (χ3n) is 6.68. The standard InChI is InChI=1S/C24H27ClO3/c1-2-27-19-6-3-16(4-7-19)11-18-12-17(5-8-20(18)25)21-13-23(9-10-23)15-24(28-21)14-22(24)26/h3-8,12,21-22,26H,2,9-11,13-15H2,1H3/t21-,22-,24+/m1/s1. The fourth-order valence-electron chi connectivity index (χ4n) is 4.82. The van der Waals surface area contributed by atoms with Crippen LogP contribution in [0.3, 0.4) is 0 Å². The summed E-state index contributed by atoms with van der Waals surface area (Å²) in [4.78, 5) is 0. The topological polar surface area (TPSA) is 38.7 Å². The molecule has 3 nitrogen and oxygen atoms in total. The molecule has 1 N–H and O–H groups in total. The normalized spacial score (nSPS) is 29.8. The third kappa shape index (κ3) is 3.45. The lowest BCUT2D eigenvalue weighted by Gasteiger charge is -2.37. The van der Waals surface area contributed by atoms with Crippen molar-refractivity contribution in [1.29, 1.82) is 0 Å². The first kappa shape index (κ1) is 18.5. The summed E-state index contributed by atoms with van der Waals surface area (Å²) in [5.41, 5.74) is 3.63. The predicted octanol–water partition coefficient (Wildman–Crippen LogP) is 5.46. The first-order valence-electron chi connectivity index (χ1n) is 10.4. The van der Waals surface area contributed by atoms with Crippen LogP contribution in [0.2, 0.25) is 5.02 Å². The minimum atomic E-state index is -0.289. The van der Waals surface area contributed by atoms with E-state index in [4.69, 9.17) is 21.1 Å². The largest absolute Gasteiger partial charge is 0.494 e. The molecular formula is C24H27ClO3. The van der Waals surface area contributed by atoms with E-state index in [1.165, 1.54) is 24.0 Å². The van der Waals surface area contributed by atoms with Crippen molar-refractivity contribution in [3.8, 4) is 5.75 Å². The van der Waals surface area contributed by atoms with Crippen molar-refractivity contribution in [2.24, 2.45) is 5.41 Å². The molecule has 0 unspecified atom stereocenters. The molecule has 3 fully saturated rings. The fraction of sp³-hybridized carbons (Fsp3) is 0.500. The average Bonchev–Trinajstić information content (AvgIpc) is 3.57. The van der Waals surface area contributed by atoms with E-state index in [-0.39, 0.29) is 17.8 Å². The molecule has 2 aromatic carbocycles. The molecule has 0 bridgehead atoms. The Morgan fingerprint density at radius 3 is 2.54 bits per heavy atom. The molecule has 0 amide bonds. The molecule has 0 radical (unpaired) electrons. The molecule has 5 rings (SSSR count). The van der Waals surface area contributed by atoms with Gasteiger partial charge in [0.2, 0.25) is 0 Å². The maximum absolute atomic E-state index is 10.2. The van der Waals surface area contributed by atoms with Crippen molar-refractivity contribution in [3.05, 3.63) is 64.2 Å². The van der Waals surface area contributed by atoms with Gasteiger partial charge in [-0.25, -0.2) is 0 Å². The lowest BCUT2D eigenvalue weighted by Crippen LogP contribution is -2.33. The van der Waals surface area contributed by atoms with E-state index in [2.05, 4.69) is 24.3 Å². The second kappa shape index (κ2) is 6.76. The van der Waals surface area contributed by atoms with Crippen LogP contribution in [0, 0.1) is 5.41 Å². The van der Waals surface area contributed by atoms with Gasteiger partial charge in [0.25, 0.3) is 0 Å². The van der Waals surface area contributed by atoms with Gasteiger partial charge in [0.05, 0.1) is 24.4 Å². The average molecular weight is 399 g/mol. The summed E-state index contributed by atoms with van der Waals surface area (Å²) in [6.07, 6.45) is 5.98. The highest BCUT2D eigenvalue weighted by molar-refractivity contribution is 6.31. The van der Waals surface area contributed by atoms with Gasteiger partial charge in [-0.15, -0.1) is 0 Å². The van der Waals surface area contributed by atoms with E-state index in [1.54, 1.807) is 0 Å². The van der Waals surface area contributed by atoms with E-state index < -0.39 is 0 Å². The second-order valence-corrected chi connectivity index (χ2v) is 9.28. The van der Waals surface area contributed by atoms with Crippen LogP contribution in [-0.4, -0.2) is 23.4 Å². The van der Waals surface area contributed by atoms with E-state index >= 15 is 0 Å². The van der Waals surface area contributed by atoms with Gasteiger partial charge >= 0.3 is 0 Å². The summed E-state index contributed by atoms with van der Waals surface area (Å²) in [5, 5.41) is 11.0. The van der Waals surface area contributed by atoms with Gasteiger partial charge in [-0.2, -0.15) is 0 Å². The highest BCUT2D eigenvalue weighted by Gasteiger charge is 2.65. The van der Waals surface area contributed by atoms with Gasteiger partial charge in [0.1, 0.15) is 5.75 Å². The number of aliphatic hydroxyl groups excluding tert-OH is 1. The Balaban J connectivity index is 1.37. The quantitative estimate of drug-likeness (QED) is 0.726. The molecule has 2 spiro atoms. The monoisotopic (exact) mass is 398 g/mol. The second-order valence-electron chi connectivity index (χ2n) is 8.88. The highest BCUT2D eigenvalue weighted by atomic mass is 35.5. The Hall–Kier alpha value is -1.55. The van der Waals surface area contributed by atoms with Gasteiger partial charge in [-0.1, -0.05) is 35.9 Å². The Morgan fingerprint density at radius 2 is 1.89 bits per heavy atom. The van der Waals surface area contributed by atoms with E-state index in [0.29, 0.717) is 12.0 Å². The lowest BCUT2D eigenvalue weighted by atomic mass is 9.84. The number of rotatable bonds is 5. The number of aliphatic hydroxyl groups is 1. The van der Waals surface area contributed by atoms with Gasteiger partial charge < -0.3 is 14.6 Å². The summed E-state index contributed by atoms with van der Waals surface area (Å²) < 4.78 is 12.0. The first-order chi connectivity index (χ1) is 13.5. The van der Waals surface area contributed by atoms with Gasteiger partial charge in [-0.05, 0) is 79.3 Å². The summed E-state index contributed by atoms with van der Waals surface area (Å²) in [7, 11) is 0. The van der Waals surface area contributed by atoms with Crippen molar-refractivity contribution in [3.63, 3.8) is 0 Å². The van der Waals surface area contributed by atoms with Crippen LogP contribution < -0.4 is 4.74 Å². The van der Waals surface area contributed by atoms with Crippen LogP contribution in [0.1, 0.15) is 61.8 Å². The molecule has 2 aliphatic carbocycles. The molecular weight excluding hydrogens is 372 g/mol. The zero-order valence-electron chi connectivity index (χ0n) is 16.3. The molecule has 1 saturated heterocycles. The van der Waals surface area contributed by atoms with Gasteiger partial charge in [0.15, 0.2) is 0 Å². The highest BCUT2D eigenvalue weighted by Crippen LogP contribution is 2.66. The number of ether oxygens (including phenoxy) is 2. The molecule has 28 heavy (non-hydrogen) atoms. The summed E-state index contributed by atoms with van der Waals surface area (Å²) in [6.45, 7) is 2.66. The number of benzene rings is 2. The van der Waals surface area contributed by atoms with Crippen LogP contribution >= 0.6 is 11.6 Å². The maximum atomic E-state index is 10.2. The fourth-order valence-corrected chi connectivity index (χ4v) is 5.00. The van der Waals surface area contributed by atoms with Crippen molar-refractivity contribution >= 4 is 11.6 Å². The maximum Gasteiger partial charge on any atom is 0.119 e. The molecule has 2 aromatic rings. The van der Waals surface area contributed by atoms with Crippen molar-refractivity contribution in [1.82, 2.24) is 0 Å². The van der Waals surface area contributed by atoms with E-state index in [9.17, 15) is 5.11 Å². The molecule has 4 heteroatoms. The SMILES string of the molecule is CCOc1ccc(Cc2cc([C@H]3CC4(CC4)C[C@]4(C[C@H]4O)O3)ccc2Cl)cc1. The molecule has 3 aliphatic rings. The Morgan fingerprint density at radius 1 is 1.14 bits per heavy atom. The minimum Gasteiger partial charge on any atom is -0.494 e. The van der Waals surface area contributed by atoms with E-state index in [1.807, 2.05) is 25.1 Å². The van der Waals surface area contributed by atoms with Crippen LogP contribution in [0.5, 0.6) is 5.75 Å². The van der Waals surface area contributed by atoms with E-state index in [0.717, 1.165) is 42.0 Å². The number of halogens is 1. The molecule has 0 aromatic heterocycles. The van der Waals surface area contributed by atoms with Gasteiger partial charge in [0, 0.05) is 11.4 Å². The van der Waals surface area contributed by atoms with Crippen molar-refractivity contribution in [2.75, 3.05) is 6.61 Å². The predicted molar refractivity (Wildman–Crippen MR) is 110 cm³/mol. The summed E-state index contributed by atoms with van der Waals surface area (Å²) >= 11 is 6.52. The summed E-state index contributed by atoms with van der Waals surface area (Å²) in [6, 6.07) is 14.5. The molecule has 2 saturated carbocycles. The first-order valence-corrected chi connectivity index (χ1v) is 10.7. The van der Waals surface area contributed by atoms with Crippen molar-refractivity contribution in [2.45, 2.75) is 63.3 Å².